The van der Waals surface area contributed by atoms with Crippen LogP contribution in [0.15, 0.2) is 0 Å². The highest BCUT2D eigenvalue weighted by Crippen LogP contribution is 2.34. The van der Waals surface area contributed by atoms with E-state index in [-0.39, 0.29) is 6.42 Å². The highest BCUT2D eigenvalue weighted by Gasteiger charge is 2.57. The van der Waals surface area contributed by atoms with Gasteiger partial charge in [0.05, 0.1) is 13.2 Å². The number of rotatable bonds is 22. The minimum Gasteiger partial charge on any atom is -0.427 e. The number of hydrogen-bond acceptors (Lipinski definition) is 12. The monoisotopic (exact) mass is 608 g/mol. The third kappa shape index (κ3) is 11.5. The molecule has 0 aromatic heterocycles. The lowest BCUT2D eigenvalue weighted by molar-refractivity contribution is -0.311. The second kappa shape index (κ2) is 20.2. The maximum atomic E-state index is 12.5. The Hall–Kier alpha value is -0.930. The maximum Gasteiger partial charge on any atom is 0.308 e. The predicted octanol–water partition coefficient (Wildman–Crippen LogP) is 1.42. The third-order valence-corrected chi connectivity index (χ3v) is 8.27. The molecule has 2 aliphatic rings. The van der Waals surface area contributed by atoms with Crippen molar-refractivity contribution in [2.45, 2.75) is 164 Å². The van der Waals surface area contributed by atoms with Crippen molar-refractivity contribution in [1.82, 2.24) is 0 Å². The fourth-order valence-corrected chi connectivity index (χ4v) is 5.52. The number of carbonyl (C=O) groups is 1. The van der Waals surface area contributed by atoms with E-state index in [4.69, 9.17) is 18.9 Å². The highest BCUT2D eigenvalue weighted by atomic mass is 16.8. The Morgan fingerprint density at radius 3 is 1.71 bits per heavy atom. The van der Waals surface area contributed by atoms with Crippen molar-refractivity contribution in [2.75, 3.05) is 19.8 Å². The zero-order valence-electron chi connectivity index (χ0n) is 25.2. The van der Waals surface area contributed by atoms with Crippen LogP contribution in [0.2, 0.25) is 0 Å². The van der Waals surface area contributed by atoms with Crippen LogP contribution in [0, 0.1) is 0 Å². The summed E-state index contributed by atoms with van der Waals surface area (Å²) in [4.78, 5) is 12.5. The molecule has 0 aliphatic carbocycles. The lowest BCUT2D eigenvalue weighted by Gasteiger charge is -2.39. The van der Waals surface area contributed by atoms with Gasteiger partial charge in [-0.25, -0.2) is 0 Å². The van der Waals surface area contributed by atoms with Crippen molar-refractivity contribution in [3.8, 4) is 0 Å². The normalized spacial score (nSPS) is 33.2. The molecule has 0 spiro atoms. The molecule has 0 bridgehead atoms. The minimum atomic E-state index is -2.19. The van der Waals surface area contributed by atoms with Crippen LogP contribution < -0.4 is 0 Å². The van der Waals surface area contributed by atoms with Gasteiger partial charge in [-0.05, 0) is 6.42 Å². The van der Waals surface area contributed by atoms with Crippen LogP contribution in [0.3, 0.4) is 0 Å². The molecule has 0 radical (unpaired) electrons. The van der Waals surface area contributed by atoms with Crippen LogP contribution in [0.4, 0.5) is 0 Å². The first-order chi connectivity index (χ1) is 20.2. The Labute approximate surface area is 249 Å². The number of aliphatic hydroxyl groups is 7. The molecule has 2 aliphatic heterocycles. The topological polar surface area (TPSA) is 196 Å². The molecule has 2 fully saturated rings. The summed E-state index contributed by atoms with van der Waals surface area (Å²) in [5, 5.41) is 70.1. The summed E-state index contributed by atoms with van der Waals surface area (Å²) in [6, 6.07) is 0. The molecule has 12 heteroatoms. The number of carbonyl (C=O) groups excluding carboxylic acids is 1. The van der Waals surface area contributed by atoms with Crippen molar-refractivity contribution >= 4 is 5.97 Å². The first-order valence-electron chi connectivity index (χ1n) is 16.0. The molecular weight excluding hydrogens is 552 g/mol. The predicted molar refractivity (Wildman–Crippen MR) is 152 cm³/mol. The largest absolute Gasteiger partial charge is 0.427 e. The van der Waals surface area contributed by atoms with E-state index < -0.39 is 80.6 Å². The van der Waals surface area contributed by atoms with Gasteiger partial charge in [-0.1, -0.05) is 96.8 Å². The van der Waals surface area contributed by atoms with Crippen molar-refractivity contribution in [1.29, 1.82) is 0 Å². The van der Waals surface area contributed by atoms with Gasteiger partial charge in [0.25, 0.3) is 5.79 Å². The smallest absolute Gasteiger partial charge is 0.308 e. The number of hydrogen-bond donors (Lipinski definition) is 7. The van der Waals surface area contributed by atoms with Gasteiger partial charge in [0, 0.05) is 6.42 Å². The van der Waals surface area contributed by atoms with E-state index in [2.05, 4.69) is 6.92 Å². The summed E-state index contributed by atoms with van der Waals surface area (Å²) in [5.41, 5.74) is 0. The molecule has 7 N–H and O–H groups in total. The summed E-state index contributed by atoms with van der Waals surface area (Å²) >= 11 is 0. The Morgan fingerprint density at radius 2 is 1.21 bits per heavy atom. The van der Waals surface area contributed by atoms with Crippen LogP contribution in [-0.2, 0) is 23.7 Å². The van der Waals surface area contributed by atoms with E-state index in [1.807, 2.05) is 0 Å². The van der Waals surface area contributed by atoms with Crippen LogP contribution in [-0.4, -0.2) is 116 Å². The van der Waals surface area contributed by atoms with Gasteiger partial charge in [0.15, 0.2) is 12.4 Å². The fourth-order valence-electron chi connectivity index (χ4n) is 5.52. The van der Waals surface area contributed by atoms with Crippen LogP contribution >= 0.6 is 0 Å². The summed E-state index contributed by atoms with van der Waals surface area (Å²) in [7, 11) is 0. The second-order valence-corrected chi connectivity index (χ2v) is 11.8. The maximum absolute atomic E-state index is 12.5. The molecule has 0 aromatic rings. The van der Waals surface area contributed by atoms with Crippen LogP contribution in [0.5, 0.6) is 0 Å². The second-order valence-electron chi connectivity index (χ2n) is 11.8. The molecule has 2 saturated heterocycles. The van der Waals surface area contributed by atoms with E-state index in [1.54, 1.807) is 0 Å². The summed E-state index contributed by atoms with van der Waals surface area (Å²) in [6.07, 6.45) is 5.77. The molecule has 248 valence electrons. The molecule has 8 unspecified atom stereocenters. The molecule has 12 nitrogen and oxygen atoms in total. The lowest BCUT2D eigenvalue weighted by atomic mass is 9.99. The quantitative estimate of drug-likeness (QED) is 0.0691. The standard InChI is InChI=1S/C30H56O12/c1-2-3-4-5-6-7-8-9-10-11-12-13-14-15-16-17-23(33)42-30(20-32)28(38)25(35)22(41-30)19-39-29-27(37)26(36)24(34)21(18-31)40-29/h21-22,24-29,31-32,34-38H,2-20H2,1H3/t21?,22?,24?,25?,26?,27?,28?,29?,30-/m0/s1. The Morgan fingerprint density at radius 1 is 0.690 bits per heavy atom. The molecule has 2 rings (SSSR count). The molecular formula is C30H56O12. The first kappa shape index (κ1) is 37.3. The Balaban J connectivity index is 1.62. The Bertz CT molecular complexity index is 724. The number of ether oxygens (including phenoxy) is 4. The highest BCUT2D eigenvalue weighted by molar-refractivity contribution is 5.69. The average molecular weight is 609 g/mol. The molecule has 0 aromatic carbocycles. The van der Waals surface area contributed by atoms with Crippen LogP contribution in [0.25, 0.3) is 0 Å². The zero-order valence-corrected chi connectivity index (χ0v) is 25.2. The number of esters is 1. The average Bonchev–Trinajstić information content (AvgIpc) is 3.22. The fraction of sp³-hybridized carbons (Fsp3) is 0.967. The van der Waals surface area contributed by atoms with E-state index in [9.17, 15) is 40.5 Å². The van der Waals surface area contributed by atoms with Gasteiger partial charge in [0.1, 0.15) is 43.2 Å². The molecule has 0 saturated carbocycles. The van der Waals surface area contributed by atoms with Crippen molar-refractivity contribution in [3.05, 3.63) is 0 Å². The van der Waals surface area contributed by atoms with Gasteiger partial charge in [-0.2, -0.15) is 0 Å². The van der Waals surface area contributed by atoms with Crippen molar-refractivity contribution < 1.29 is 59.5 Å². The van der Waals surface area contributed by atoms with Crippen molar-refractivity contribution in [3.63, 3.8) is 0 Å². The van der Waals surface area contributed by atoms with E-state index in [0.717, 1.165) is 19.3 Å². The zero-order chi connectivity index (χ0) is 31.0. The molecule has 0 amide bonds. The van der Waals surface area contributed by atoms with Gasteiger partial charge in [0.2, 0.25) is 0 Å². The van der Waals surface area contributed by atoms with Gasteiger partial charge >= 0.3 is 5.97 Å². The number of aliphatic hydroxyl groups excluding tert-OH is 7. The molecule has 2 heterocycles. The SMILES string of the molecule is CCCCCCCCCCCCCCCCCC(=O)O[C@]1(CO)OC(COC2OC(CO)C(O)C(O)C2O)C(O)C1O. The lowest BCUT2D eigenvalue weighted by Crippen LogP contribution is -2.59. The van der Waals surface area contributed by atoms with Gasteiger partial charge in [-0.15, -0.1) is 0 Å². The van der Waals surface area contributed by atoms with E-state index in [1.165, 1.54) is 70.6 Å². The first-order valence-corrected chi connectivity index (χ1v) is 16.0. The van der Waals surface area contributed by atoms with Crippen molar-refractivity contribution in [2.24, 2.45) is 0 Å². The van der Waals surface area contributed by atoms with Gasteiger partial charge < -0.3 is 54.7 Å². The minimum absolute atomic E-state index is 0.0677. The summed E-state index contributed by atoms with van der Waals surface area (Å²) in [5.74, 6) is -2.87. The van der Waals surface area contributed by atoms with Crippen LogP contribution in [0.1, 0.15) is 110 Å². The Kier molecular flexibility index (Phi) is 17.9. The number of unbranched alkanes of at least 4 members (excludes halogenated alkanes) is 14. The molecule has 42 heavy (non-hydrogen) atoms. The molecule has 9 atom stereocenters. The van der Waals surface area contributed by atoms with E-state index >= 15 is 0 Å². The third-order valence-electron chi connectivity index (χ3n) is 8.27. The summed E-state index contributed by atoms with van der Waals surface area (Å²) < 4.78 is 21.5. The van der Waals surface area contributed by atoms with Gasteiger partial charge in [-0.3, -0.25) is 4.79 Å². The summed E-state index contributed by atoms with van der Waals surface area (Å²) in [6.45, 7) is 0.197. The van der Waals surface area contributed by atoms with E-state index in [0.29, 0.717) is 6.42 Å².